The Balaban J connectivity index is 1.29. The fourth-order valence-electron chi connectivity index (χ4n) is 4.10. The van der Waals surface area contributed by atoms with Crippen molar-refractivity contribution in [1.29, 1.82) is 0 Å². The monoisotopic (exact) mass is 405 g/mol. The fourth-order valence-corrected chi connectivity index (χ4v) is 5.24. The molecule has 1 aromatic carbocycles. The van der Waals surface area contributed by atoms with Crippen LogP contribution in [0, 0.1) is 0 Å². The molecule has 4 heterocycles. The van der Waals surface area contributed by atoms with Crippen molar-refractivity contribution >= 4 is 17.1 Å². The second-order valence-corrected chi connectivity index (χ2v) is 8.85. The summed E-state index contributed by atoms with van der Waals surface area (Å²) in [4.78, 5) is 25.1. The van der Waals surface area contributed by atoms with Crippen LogP contribution in [-0.2, 0) is 25.8 Å². The molecule has 0 radical (unpaired) electrons. The van der Waals surface area contributed by atoms with E-state index in [0.717, 1.165) is 49.0 Å². The maximum Gasteiger partial charge on any atom is 0.171 e. The van der Waals surface area contributed by atoms with Gasteiger partial charge in [0, 0.05) is 54.8 Å². The number of benzene rings is 1. The first-order chi connectivity index (χ1) is 14.2. The smallest absolute Gasteiger partial charge is 0.171 e. The van der Waals surface area contributed by atoms with Crippen LogP contribution >= 0.6 is 11.3 Å². The van der Waals surface area contributed by atoms with Gasteiger partial charge in [-0.05, 0) is 36.2 Å². The molecule has 0 N–H and O–H groups in total. The first kappa shape index (κ1) is 18.5. The minimum Gasteiger partial charge on any atom is -0.493 e. The van der Waals surface area contributed by atoms with E-state index in [9.17, 15) is 4.79 Å². The van der Waals surface area contributed by atoms with Crippen molar-refractivity contribution in [3.05, 3.63) is 75.0 Å². The van der Waals surface area contributed by atoms with Crippen LogP contribution in [0.4, 0.5) is 0 Å². The molecule has 6 heteroatoms. The van der Waals surface area contributed by atoms with Crippen LogP contribution in [0.5, 0.6) is 5.75 Å². The predicted molar refractivity (Wildman–Crippen MR) is 113 cm³/mol. The number of carbonyl (C=O) groups is 1. The van der Waals surface area contributed by atoms with Crippen molar-refractivity contribution in [2.24, 2.45) is 0 Å². The van der Waals surface area contributed by atoms with E-state index in [1.165, 1.54) is 16.0 Å². The number of aromatic nitrogens is 2. The SMILES string of the molecule is CC(c1ccc2c(c1)OCC2)N1CCc2nc(CC(=O)c3cccnc3)sc2C1. The minimum atomic E-state index is 0.0764. The summed E-state index contributed by atoms with van der Waals surface area (Å²) in [6, 6.07) is 10.6. The number of thiazole rings is 1. The fraction of sp³-hybridized carbons (Fsp3) is 0.348. The lowest BCUT2D eigenvalue weighted by Gasteiger charge is -2.32. The Morgan fingerprint density at radius 1 is 1.31 bits per heavy atom. The van der Waals surface area contributed by atoms with Gasteiger partial charge < -0.3 is 4.74 Å². The van der Waals surface area contributed by atoms with Crippen LogP contribution in [0.3, 0.4) is 0 Å². The van der Waals surface area contributed by atoms with Crippen LogP contribution in [0.15, 0.2) is 42.7 Å². The molecule has 148 valence electrons. The largest absolute Gasteiger partial charge is 0.493 e. The first-order valence-corrected chi connectivity index (χ1v) is 10.9. The minimum absolute atomic E-state index is 0.0764. The lowest BCUT2D eigenvalue weighted by molar-refractivity contribution is 0.0992. The summed E-state index contributed by atoms with van der Waals surface area (Å²) in [5.41, 5.74) is 4.41. The van der Waals surface area contributed by atoms with Crippen LogP contribution in [-0.4, -0.2) is 33.8 Å². The molecule has 2 aromatic heterocycles. The molecule has 2 aliphatic heterocycles. The van der Waals surface area contributed by atoms with Crippen LogP contribution in [0.1, 0.15) is 50.0 Å². The number of hydrogen-bond donors (Lipinski definition) is 0. The van der Waals surface area contributed by atoms with Crippen molar-refractivity contribution in [2.45, 2.75) is 38.8 Å². The summed E-state index contributed by atoms with van der Waals surface area (Å²) in [6.45, 7) is 4.91. The third-order valence-corrected chi connectivity index (χ3v) is 6.93. The number of Topliss-reactive ketones (excluding diaryl/α,β-unsaturated/α-hetero) is 1. The van der Waals surface area contributed by atoms with E-state index < -0.39 is 0 Å². The number of carbonyl (C=O) groups excluding carboxylic acids is 1. The molecule has 29 heavy (non-hydrogen) atoms. The highest BCUT2D eigenvalue weighted by Gasteiger charge is 2.26. The number of fused-ring (bicyclic) bond motifs is 2. The van der Waals surface area contributed by atoms with Gasteiger partial charge in [-0.25, -0.2) is 4.98 Å². The second-order valence-electron chi connectivity index (χ2n) is 7.68. The number of ether oxygens (including phenoxy) is 1. The highest BCUT2D eigenvalue weighted by Crippen LogP contribution is 2.34. The molecule has 0 fully saturated rings. The highest BCUT2D eigenvalue weighted by atomic mass is 32.1. The standard InChI is InChI=1S/C23H23N3O2S/c1-15(17-5-4-16-7-10-28-21(16)11-17)26-9-6-19-22(14-26)29-23(25-19)12-20(27)18-3-2-8-24-13-18/h2-5,8,11,13,15H,6-7,9-10,12,14H2,1H3. The molecular weight excluding hydrogens is 382 g/mol. The van der Waals surface area contributed by atoms with Crippen LogP contribution < -0.4 is 4.74 Å². The van der Waals surface area contributed by atoms with Crippen molar-refractivity contribution in [1.82, 2.24) is 14.9 Å². The molecule has 2 aliphatic rings. The predicted octanol–water partition coefficient (Wildman–Crippen LogP) is 4.02. The van der Waals surface area contributed by atoms with E-state index in [4.69, 9.17) is 9.72 Å². The van der Waals surface area contributed by atoms with E-state index in [0.29, 0.717) is 18.0 Å². The van der Waals surface area contributed by atoms with Crippen molar-refractivity contribution in [3.8, 4) is 5.75 Å². The zero-order valence-electron chi connectivity index (χ0n) is 16.4. The molecule has 0 amide bonds. The molecule has 0 saturated carbocycles. The Bertz CT molecular complexity index is 1050. The lowest BCUT2D eigenvalue weighted by Crippen LogP contribution is -2.32. The molecule has 0 bridgehead atoms. The van der Waals surface area contributed by atoms with Crippen molar-refractivity contribution < 1.29 is 9.53 Å². The van der Waals surface area contributed by atoms with E-state index in [-0.39, 0.29) is 5.78 Å². The summed E-state index contributed by atoms with van der Waals surface area (Å²) in [5, 5.41) is 0.907. The van der Waals surface area contributed by atoms with Gasteiger partial charge in [-0.15, -0.1) is 11.3 Å². The quantitative estimate of drug-likeness (QED) is 0.600. The van der Waals surface area contributed by atoms with Gasteiger partial charge in [0.1, 0.15) is 10.8 Å². The van der Waals surface area contributed by atoms with Gasteiger partial charge in [0.2, 0.25) is 0 Å². The van der Waals surface area contributed by atoms with Gasteiger partial charge in [-0.1, -0.05) is 12.1 Å². The summed E-state index contributed by atoms with van der Waals surface area (Å²) in [5.74, 6) is 1.12. The van der Waals surface area contributed by atoms with Gasteiger partial charge in [-0.3, -0.25) is 14.7 Å². The number of hydrogen-bond acceptors (Lipinski definition) is 6. The maximum atomic E-state index is 12.5. The number of nitrogens with zero attached hydrogens (tertiary/aromatic N) is 3. The van der Waals surface area contributed by atoms with E-state index in [2.05, 4.69) is 35.0 Å². The van der Waals surface area contributed by atoms with Gasteiger partial charge in [0.25, 0.3) is 0 Å². The number of ketones is 1. The zero-order valence-corrected chi connectivity index (χ0v) is 17.2. The lowest BCUT2D eigenvalue weighted by atomic mass is 10.0. The van der Waals surface area contributed by atoms with Gasteiger partial charge in [0.15, 0.2) is 5.78 Å². The average molecular weight is 406 g/mol. The van der Waals surface area contributed by atoms with E-state index >= 15 is 0 Å². The molecule has 0 spiro atoms. The zero-order chi connectivity index (χ0) is 19.8. The molecule has 0 saturated heterocycles. The van der Waals surface area contributed by atoms with Crippen molar-refractivity contribution in [3.63, 3.8) is 0 Å². The topological polar surface area (TPSA) is 55.3 Å². The van der Waals surface area contributed by atoms with Crippen LogP contribution in [0.2, 0.25) is 0 Å². The van der Waals surface area contributed by atoms with Gasteiger partial charge >= 0.3 is 0 Å². The third-order valence-electron chi connectivity index (χ3n) is 5.85. The number of rotatable bonds is 5. The van der Waals surface area contributed by atoms with Gasteiger partial charge in [0.05, 0.1) is 18.7 Å². The first-order valence-electron chi connectivity index (χ1n) is 10.1. The van der Waals surface area contributed by atoms with E-state index in [1.807, 2.05) is 6.07 Å². The average Bonchev–Trinajstić information content (AvgIpc) is 3.38. The number of pyridine rings is 1. The maximum absolute atomic E-state index is 12.5. The third kappa shape index (κ3) is 3.70. The normalized spacial score (nSPS) is 16.7. The Hall–Kier alpha value is -2.57. The molecule has 1 unspecified atom stereocenters. The molecule has 5 rings (SSSR count). The van der Waals surface area contributed by atoms with Gasteiger partial charge in [-0.2, -0.15) is 0 Å². The summed E-state index contributed by atoms with van der Waals surface area (Å²) in [7, 11) is 0. The molecule has 5 nitrogen and oxygen atoms in total. The Morgan fingerprint density at radius 2 is 2.24 bits per heavy atom. The Kier molecular flexibility index (Phi) is 4.89. The Morgan fingerprint density at radius 3 is 3.10 bits per heavy atom. The second kappa shape index (κ2) is 7.69. The highest BCUT2D eigenvalue weighted by molar-refractivity contribution is 7.11. The summed E-state index contributed by atoms with van der Waals surface area (Å²) in [6.07, 6.45) is 5.60. The summed E-state index contributed by atoms with van der Waals surface area (Å²) < 4.78 is 5.75. The molecule has 3 aromatic rings. The van der Waals surface area contributed by atoms with Crippen LogP contribution in [0.25, 0.3) is 0 Å². The van der Waals surface area contributed by atoms with E-state index in [1.54, 1.807) is 29.8 Å². The molecule has 1 atom stereocenters. The molecular formula is C23H23N3O2S. The molecule has 0 aliphatic carbocycles. The summed E-state index contributed by atoms with van der Waals surface area (Å²) >= 11 is 1.68. The van der Waals surface area contributed by atoms with Crippen molar-refractivity contribution in [2.75, 3.05) is 13.2 Å². The Labute approximate surface area is 174 Å².